The highest BCUT2D eigenvalue weighted by Gasteiger charge is 2.41. The van der Waals surface area contributed by atoms with Crippen molar-refractivity contribution in [2.75, 3.05) is 37.6 Å². The highest BCUT2D eigenvalue weighted by molar-refractivity contribution is 6.11. The van der Waals surface area contributed by atoms with E-state index < -0.39 is 0 Å². The second-order valence-corrected chi connectivity index (χ2v) is 6.71. The molecule has 3 aliphatic heterocycles. The number of benzene rings is 1. The van der Waals surface area contributed by atoms with Crippen molar-refractivity contribution < 1.29 is 9.59 Å². The van der Waals surface area contributed by atoms with E-state index in [2.05, 4.69) is 4.90 Å². The number of carbonyl (C=O) groups excluding carboxylic acids is 2. The molecule has 1 aromatic carbocycles. The predicted molar refractivity (Wildman–Crippen MR) is 88.5 cm³/mol. The summed E-state index contributed by atoms with van der Waals surface area (Å²) < 4.78 is 0. The average Bonchev–Trinajstić information content (AvgIpc) is 3.24. The first-order valence-corrected chi connectivity index (χ1v) is 8.69. The Balaban J connectivity index is 1.65. The van der Waals surface area contributed by atoms with Crippen LogP contribution in [0.15, 0.2) is 24.3 Å². The van der Waals surface area contributed by atoms with Crippen LogP contribution in [0.2, 0.25) is 0 Å². The molecule has 0 saturated carbocycles. The largest absolute Gasteiger partial charge is 0.327 e. The molecule has 3 heterocycles. The maximum atomic E-state index is 13.1. The Hall–Kier alpha value is -1.88. The van der Waals surface area contributed by atoms with Gasteiger partial charge in [0, 0.05) is 19.6 Å². The lowest BCUT2D eigenvalue weighted by Gasteiger charge is -2.27. The zero-order chi connectivity index (χ0) is 15.8. The number of likely N-dealkylation sites (tertiary alicyclic amines) is 1. The molecule has 0 aromatic heterocycles. The summed E-state index contributed by atoms with van der Waals surface area (Å²) in [6, 6.07) is 7.30. The first-order valence-electron chi connectivity index (χ1n) is 8.69. The molecule has 4 rings (SSSR count). The van der Waals surface area contributed by atoms with Crippen LogP contribution in [0.5, 0.6) is 0 Å². The van der Waals surface area contributed by atoms with Crippen molar-refractivity contribution in [1.82, 2.24) is 9.80 Å². The van der Waals surface area contributed by atoms with Gasteiger partial charge < -0.3 is 14.7 Å². The second-order valence-electron chi connectivity index (χ2n) is 6.71. The highest BCUT2D eigenvalue weighted by atomic mass is 16.2. The molecule has 1 aromatic rings. The van der Waals surface area contributed by atoms with Gasteiger partial charge >= 0.3 is 0 Å². The van der Waals surface area contributed by atoms with Gasteiger partial charge in [-0.15, -0.1) is 0 Å². The zero-order valence-corrected chi connectivity index (χ0v) is 13.4. The third kappa shape index (κ3) is 2.53. The summed E-state index contributed by atoms with van der Waals surface area (Å²) >= 11 is 0. The van der Waals surface area contributed by atoms with Crippen LogP contribution >= 0.6 is 0 Å². The Morgan fingerprint density at radius 3 is 2.57 bits per heavy atom. The van der Waals surface area contributed by atoms with E-state index in [1.165, 1.54) is 12.8 Å². The Labute approximate surface area is 136 Å². The van der Waals surface area contributed by atoms with Gasteiger partial charge in [-0.05, 0) is 50.9 Å². The number of nitrogens with zero attached hydrogens (tertiary/aromatic N) is 3. The first-order chi connectivity index (χ1) is 11.3. The normalized spacial score (nSPS) is 24.8. The number of hydrogen-bond donors (Lipinski definition) is 0. The van der Waals surface area contributed by atoms with Crippen molar-refractivity contribution in [3.8, 4) is 0 Å². The molecule has 5 nitrogen and oxygen atoms in total. The Bertz CT molecular complexity index is 624. The zero-order valence-electron chi connectivity index (χ0n) is 13.4. The van der Waals surface area contributed by atoms with Gasteiger partial charge in [-0.25, -0.2) is 0 Å². The summed E-state index contributed by atoms with van der Waals surface area (Å²) in [4.78, 5) is 31.9. The SMILES string of the molecule is O=C1[C@H]2CCCN2C(=O)c2ccccc2N1CCN1CCCC1. The van der Waals surface area contributed by atoms with Crippen molar-refractivity contribution in [1.29, 1.82) is 0 Å². The van der Waals surface area contributed by atoms with Gasteiger partial charge in [-0.2, -0.15) is 0 Å². The van der Waals surface area contributed by atoms with Gasteiger partial charge in [-0.3, -0.25) is 9.59 Å². The van der Waals surface area contributed by atoms with Crippen LogP contribution in [0, 0.1) is 0 Å². The second kappa shape index (κ2) is 5.96. The molecule has 0 radical (unpaired) electrons. The van der Waals surface area contributed by atoms with Gasteiger partial charge in [0.1, 0.15) is 6.04 Å². The number of anilines is 1. The van der Waals surface area contributed by atoms with E-state index >= 15 is 0 Å². The number of carbonyl (C=O) groups is 2. The van der Waals surface area contributed by atoms with Crippen LogP contribution < -0.4 is 4.90 Å². The highest BCUT2D eigenvalue weighted by Crippen LogP contribution is 2.32. The van der Waals surface area contributed by atoms with E-state index in [4.69, 9.17) is 0 Å². The van der Waals surface area contributed by atoms with Crippen molar-refractivity contribution in [2.45, 2.75) is 31.7 Å². The smallest absolute Gasteiger partial charge is 0.256 e. The van der Waals surface area contributed by atoms with E-state index in [-0.39, 0.29) is 17.9 Å². The quantitative estimate of drug-likeness (QED) is 0.854. The fourth-order valence-corrected chi connectivity index (χ4v) is 4.09. The maximum absolute atomic E-state index is 13.1. The molecule has 0 bridgehead atoms. The molecular weight excluding hydrogens is 290 g/mol. The standard InChI is InChI=1S/C18H23N3O2/c22-17-14-6-1-2-7-15(14)21(13-12-19-9-3-4-10-19)18(23)16-8-5-11-20(16)17/h1-2,6-7,16H,3-5,8-13H2/t16-/m1/s1. The number of hydrogen-bond acceptors (Lipinski definition) is 3. The van der Waals surface area contributed by atoms with Gasteiger partial charge in [-0.1, -0.05) is 12.1 Å². The summed E-state index contributed by atoms with van der Waals surface area (Å²) in [5.41, 5.74) is 1.46. The lowest BCUT2D eigenvalue weighted by atomic mass is 10.1. The van der Waals surface area contributed by atoms with E-state index in [1.54, 1.807) is 4.90 Å². The van der Waals surface area contributed by atoms with Crippen molar-refractivity contribution in [2.24, 2.45) is 0 Å². The predicted octanol–water partition coefficient (Wildman–Crippen LogP) is 1.73. The van der Waals surface area contributed by atoms with Crippen LogP contribution in [-0.2, 0) is 4.79 Å². The summed E-state index contributed by atoms with van der Waals surface area (Å²) in [5.74, 6) is 0.111. The minimum Gasteiger partial charge on any atom is -0.327 e. The molecular formula is C18H23N3O2. The molecule has 5 heteroatoms. The molecule has 2 saturated heterocycles. The Morgan fingerprint density at radius 1 is 0.957 bits per heavy atom. The van der Waals surface area contributed by atoms with Gasteiger partial charge in [0.2, 0.25) is 5.91 Å². The topological polar surface area (TPSA) is 43.9 Å². The van der Waals surface area contributed by atoms with Crippen LogP contribution in [0.25, 0.3) is 0 Å². The van der Waals surface area contributed by atoms with Gasteiger partial charge in [0.25, 0.3) is 5.91 Å². The Kier molecular flexibility index (Phi) is 3.81. The fourth-order valence-electron chi connectivity index (χ4n) is 4.09. The summed E-state index contributed by atoms with van der Waals surface area (Å²) in [6.45, 7) is 4.51. The summed E-state index contributed by atoms with van der Waals surface area (Å²) in [7, 11) is 0. The molecule has 0 spiro atoms. The molecule has 122 valence electrons. The molecule has 0 aliphatic carbocycles. The van der Waals surface area contributed by atoms with E-state index in [1.807, 2.05) is 29.2 Å². The van der Waals surface area contributed by atoms with Crippen molar-refractivity contribution in [3.63, 3.8) is 0 Å². The number of para-hydroxylation sites is 1. The number of fused-ring (bicyclic) bond motifs is 2. The van der Waals surface area contributed by atoms with Crippen molar-refractivity contribution in [3.05, 3.63) is 29.8 Å². The lowest BCUT2D eigenvalue weighted by Crippen LogP contribution is -2.46. The molecule has 0 unspecified atom stereocenters. The van der Waals surface area contributed by atoms with E-state index in [0.717, 1.165) is 38.2 Å². The molecule has 1 atom stereocenters. The lowest BCUT2D eigenvalue weighted by molar-refractivity contribution is -0.122. The molecule has 3 aliphatic rings. The summed E-state index contributed by atoms with van der Waals surface area (Å²) in [5, 5.41) is 0. The van der Waals surface area contributed by atoms with Gasteiger partial charge in [0.15, 0.2) is 0 Å². The summed E-state index contributed by atoms with van der Waals surface area (Å²) in [6.07, 6.45) is 4.21. The molecule has 0 N–H and O–H groups in total. The third-order valence-electron chi connectivity index (χ3n) is 5.33. The third-order valence-corrected chi connectivity index (χ3v) is 5.33. The van der Waals surface area contributed by atoms with Crippen LogP contribution in [0.3, 0.4) is 0 Å². The minimum absolute atomic E-state index is 0.0140. The monoisotopic (exact) mass is 313 g/mol. The van der Waals surface area contributed by atoms with Crippen molar-refractivity contribution >= 4 is 17.5 Å². The molecule has 23 heavy (non-hydrogen) atoms. The minimum atomic E-state index is -0.270. The van der Waals surface area contributed by atoms with E-state index in [0.29, 0.717) is 18.7 Å². The molecule has 2 fully saturated rings. The number of amides is 2. The maximum Gasteiger partial charge on any atom is 0.256 e. The first kappa shape index (κ1) is 14.7. The molecule has 2 amide bonds. The van der Waals surface area contributed by atoms with Gasteiger partial charge in [0.05, 0.1) is 11.3 Å². The Morgan fingerprint density at radius 2 is 1.74 bits per heavy atom. The fraction of sp³-hybridized carbons (Fsp3) is 0.556. The average molecular weight is 313 g/mol. The van der Waals surface area contributed by atoms with Crippen LogP contribution in [-0.4, -0.2) is 60.4 Å². The van der Waals surface area contributed by atoms with E-state index in [9.17, 15) is 9.59 Å². The van der Waals surface area contributed by atoms with Crippen LogP contribution in [0.1, 0.15) is 36.0 Å². The number of rotatable bonds is 3. The van der Waals surface area contributed by atoms with Crippen LogP contribution in [0.4, 0.5) is 5.69 Å².